The smallest absolute Gasteiger partial charge is 0.251 e. The fraction of sp³-hybridized carbons (Fsp3) is 0.300. The normalized spacial score (nSPS) is 13.6. The highest BCUT2D eigenvalue weighted by Gasteiger charge is 2.30. The Morgan fingerprint density at radius 2 is 1.79 bits per heavy atom. The number of benzene rings is 2. The van der Waals surface area contributed by atoms with Gasteiger partial charge in [-0.05, 0) is 48.7 Å². The predicted molar refractivity (Wildman–Crippen MR) is 107 cm³/mol. The van der Waals surface area contributed by atoms with Gasteiger partial charge in [0.05, 0.1) is 7.11 Å². The molecule has 0 bridgehead atoms. The zero-order valence-electron chi connectivity index (χ0n) is 16.2. The summed E-state index contributed by atoms with van der Waals surface area (Å²) in [6, 6.07) is 11.1. The molecule has 9 heteroatoms. The van der Waals surface area contributed by atoms with Gasteiger partial charge in [-0.15, -0.1) is 0 Å². The monoisotopic (exact) mass is 417 g/mol. The van der Waals surface area contributed by atoms with Gasteiger partial charge in [-0.3, -0.25) is 9.59 Å². The van der Waals surface area contributed by atoms with Gasteiger partial charge in [0, 0.05) is 30.8 Å². The van der Waals surface area contributed by atoms with Crippen LogP contribution < -0.4 is 20.1 Å². The quantitative estimate of drug-likeness (QED) is 0.601. The summed E-state index contributed by atoms with van der Waals surface area (Å²) in [5, 5.41) is 5.29. The molecule has 0 aromatic heterocycles. The van der Waals surface area contributed by atoms with Crippen molar-refractivity contribution in [3.05, 3.63) is 59.2 Å². The number of amides is 2. The molecule has 2 aromatic carbocycles. The third-order valence-electron chi connectivity index (χ3n) is 4.48. The van der Waals surface area contributed by atoms with Crippen molar-refractivity contribution in [2.45, 2.75) is 30.3 Å². The van der Waals surface area contributed by atoms with E-state index in [1.807, 2.05) is 0 Å². The molecular weight excluding hydrogens is 394 g/mol. The molecule has 0 unspecified atom stereocenters. The molecule has 154 valence electrons. The average molecular weight is 417 g/mol. The summed E-state index contributed by atoms with van der Waals surface area (Å²) in [6.45, 7) is 0.193. The van der Waals surface area contributed by atoms with Crippen LogP contribution in [0, 0.1) is 0 Å². The lowest BCUT2D eigenvalue weighted by molar-refractivity contribution is 0.0948. The summed E-state index contributed by atoms with van der Waals surface area (Å²) in [4.78, 5) is 24.2. The van der Waals surface area contributed by atoms with E-state index in [1.165, 1.54) is 25.3 Å². The molecular formula is C20H23N3O5S. The van der Waals surface area contributed by atoms with Crippen LogP contribution in [-0.4, -0.2) is 40.4 Å². The highest BCUT2D eigenvalue weighted by atomic mass is 32.2. The number of carbonyl (C=O) groups is 2. The second-order valence-electron chi connectivity index (χ2n) is 6.72. The van der Waals surface area contributed by atoms with E-state index in [2.05, 4.69) is 15.4 Å². The van der Waals surface area contributed by atoms with Gasteiger partial charge in [0.2, 0.25) is 10.0 Å². The van der Waals surface area contributed by atoms with Crippen molar-refractivity contribution in [1.82, 2.24) is 15.4 Å². The molecule has 2 amide bonds. The van der Waals surface area contributed by atoms with Crippen molar-refractivity contribution < 1.29 is 22.7 Å². The van der Waals surface area contributed by atoms with E-state index in [9.17, 15) is 18.0 Å². The van der Waals surface area contributed by atoms with Crippen LogP contribution in [0.15, 0.2) is 47.4 Å². The van der Waals surface area contributed by atoms with E-state index in [4.69, 9.17) is 4.74 Å². The third kappa shape index (κ3) is 5.12. The van der Waals surface area contributed by atoms with Crippen LogP contribution in [0.4, 0.5) is 0 Å². The highest BCUT2D eigenvalue weighted by molar-refractivity contribution is 7.89. The van der Waals surface area contributed by atoms with Crippen molar-refractivity contribution in [3.63, 3.8) is 0 Å². The Bertz CT molecular complexity index is 1030. The number of carbonyl (C=O) groups excluding carboxylic acids is 2. The standard InChI is InChI=1S/C20H23N3O5S/c1-21-19(24)14-5-3-4-13(10-14)12-22-20(25)15-6-9-17(28-2)18(11-15)29(26,27)23-16-7-8-16/h3-6,9-11,16,23H,7-8,12H2,1-2H3,(H,21,24)(H,22,25). The van der Waals surface area contributed by atoms with Gasteiger partial charge >= 0.3 is 0 Å². The van der Waals surface area contributed by atoms with Crippen LogP contribution in [-0.2, 0) is 16.6 Å². The summed E-state index contributed by atoms with van der Waals surface area (Å²) in [5.74, 6) is -0.472. The van der Waals surface area contributed by atoms with Crippen molar-refractivity contribution in [2.75, 3.05) is 14.2 Å². The fourth-order valence-corrected chi connectivity index (χ4v) is 4.26. The van der Waals surface area contributed by atoms with Gasteiger partial charge in [-0.1, -0.05) is 12.1 Å². The molecule has 8 nitrogen and oxygen atoms in total. The topological polar surface area (TPSA) is 114 Å². The number of ether oxygens (including phenoxy) is 1. The Morgan fingerprint density at radius 3 is 2.45 bits per heavy atom. The summed E-state index contributed by atoms with van der Waals surface area (Å²) >= 11 is 0. The molecule has 29 heavy (non-hydrogen) atoms. The second kappa shape index (κ2) is 8.62. The molecule has 0 radical (unpaired) electrons. The molecule has 0 atom stereocenters. The van der Waals surface area contributed by atoms with Gasteiger partial charge in [-0.25, -0.2) is 13.1 Å². The first-order chi connectivity index (χ1) is 13.8. The lowest BCUT2D eigenvalue weighted by Gasteiger charge is -2.12. The Balaban J connectivity index is 1.76. The van der Waals surface area contributed by atoms with Crippen molar-refractivity contribution >= 4 is 21.8 Å². The number of sulfonamides is 1. The van der Waals surface area contributed by atoms with Gasteiger partial charge in [-0.2, -0.15) is 0 Å². The van der Waals surface area contributed by atoms with Gasteiger partial charge in [0.1, 0.15) is 10.6 Å². The van der Waals surface area contributed by atoms with Crippen LogP contribution in [0.25, 0.3) is 0 Å². The molecule has 0 heterocycles. The number of hydrogen-bond donors (Lipinski definition) is 3. The number of rotatable bonds is 8. The van der Waals surface area contributed by atoms with E-state index in [0.29, 0.717) is 5.56 Å². The summed E-state index contributed by atoms with van der Waals surface area (Å²) in [5.41, 5.74) is 1.43. The lowest BCUT2D eigenvalue weighted by Crippen LogP contribution is -2.27. The van der Waals surface area contributed by atoms with Crippen molar-refractivity contribution in [3.8, 4) is 5.75 Å². The highest BCUT2D eigenvalue weighted by Crippen LogP contribution is 2.28. The zero-order chi connectivity index (χ0) is 21.0. The van der Waals surface area contributed by atoms with Crippen LogP contribution in [0.5, 0.6) is 5.75 Å². The lowest BCUT2D eigenvalue weighted by atomic mass is 10.1. The van der Waals surface area contributed by atoms with E-state index in [0.717, 1.165) is 18.4 Å². The zero-order valence-corrected chi connectivity index (χ0v) is 17.0. The minimum Gasteiger partial charge on any atom is -0.495 e. The van der Waals surface area contributed by atoms with E-state index in [1.54, 1.807) is 31.3 Å². The first-order valence-corrected chi connectivity index (χ1v) is 10.6. The minimum absolute atomic E-state index is 0.0604. The average Bonchev–Trinajstić information content (AvgIpc) is 3.54. The SMILES string of the molecule is CNC(=O)c1cccc(CNC(=O)c2ccc(OC)c(S(=O)(=O)NC3CC3)c2)c1. The van der Waals surface area contributed by atoms with Gasteiger partial charge in [0.15, 0.2) is 0 Å². The molecule has 3 N–H and O–H groups in total. The van der Waals surface area contributed by atoms with Crippen LogP contribution in [0.2, 0.25) is 0 Å². The molecule has 0 spiro atoms. The third-order valence-corrected chi connectivity index (χ3v) is 6.03. The molecule has 0 aliphatic heterocycles. The molecule has 1 aliphatic rings. The van der Waals surface area contributed by atoms with Crippen molar-refractivity contribution in [2.24, 2.45) is 0 Å². The van der Waals surface area contributed by atoms with Gasteiger partial charge in [0.25, 0.3) is 11.8 Å². The fourth-order valence-electron chi connectivity index (χ4n) is 2.76. The summed E-state index contributed by atoms with van der Waals surface area (Å²) < 4.78 is 32.9. The Labute approximate surface area is 169 Å². The first kappa shape index (κ1) is 20.8. The van der Waals surface area contributed by atoms with Crippen LogP contribution >= 0.6 is 0 Å². The number of nitrogens with one attached hydrogen (secondary N) is 3. The van der Waals surface area contributed by atoms with E-state index >= 15 is 0 Å². The van der Waals surface area contributed by atoms with Crippen LogP contribution in [0.1, 0.15) is 39.1 Å². The summed E-state index contributed by atoms with van der Waals surface area (Å²) in [7, 11) is -0.855. The maximum absolute atomic E-state index is 12.6. The Kier molecular flexibility index (Phi) is 6.19. The maximum Gasteiger partial charge on any atom is 0.251 e. The first-order valence-electron chi connectivity index (χ1n) is 9.13. The van der Waals surface area contributed by atoms with Gasteiger partial charge < -0.3 is 15.4 Å². The molecule has 1 aliphatic carbocycles. The Morgan fingerprint density at radius 1 is 1.07 bits per heavy atom. The van der Waals surface area contributed by atoms with E-state index < -0.39 is 15.9 Å². The maximum atomic E-state index is 12.6. The van der Waals surface area contributed by atoms with Crippen molar-refractivity contribution in [1.29, 1.82) is 0 Å². The summed E-state index contributed by atoms with van der Waals surface area (Å²) in [6.07, 6.45) is 1.60. The molecule has 1 fully saturated rings. The number of hydrogen-bond acceptors (Lipinski definition) is 5. The van der Waals surface area contributed by atoms with E-state index in [-0.39, 0.29) is 34.7 Å². The molecule has 2 aromatic rings. The molecule has 1 saturated carbocycles. The molecule has 3 rings (SSSR count). The second-order valence-corrected chi connectivity index (χ2v) is 8.41. The minimum atomic E-state index is -3.78. The predicted octanol–water partition coefficient (Wildman–Crippen LogP) is 1.43. The van der Waals surface area contributed by atoms with Crippen LogP contribution in [0.3, 0.4) is 0 Å². The largest absolute Gasteiger partial charge is 0.495 e. The Hall–Kier alpha value is -2.91. The molecule has 0 saturated heterocycles. The number of methoxy groups -OCH3 is 1.